The van der Waals surface area contributed by atoms with Crippen molar-refractivity contribution in [1.29, 1.82) is 0 Å². The van der Waals surface area contributed by atoms with Gasteiger partial charge in [-0.3, -0.25) is 9.69 Å². The molecular weight excluding hydrogens is 330 g/mol. The van der Waals surface area contributed by atoms with Crippen LogP contribution in [0.5, 0.6) is 0 Å². The topological polar surface area (TPSA) is 58.4 Å². The Hall–Kier alpha value is -0.750. The first-order valence-corrected chi connectivity index (χ1v) is 9.01. The zero-order valence-electron chi connectivity index (χ0n) is 14.3. The molecule has 1 fully saturated rings. The summed E-state index contributed by atoms with van der Waals surface area (Å²) in [5.74, 6) is 0.0489. The van der Waals surface area contributed by atoms with Gasteiger partial charge in [-0.05, 0) is 37.1 Å². The van der Waals surface area contributed by atoms with Gasteiger partial charge in [0.2, 0.25) is 5.91 Å². The smallest absolute Gasteiger partial charge is 0.241 e. The zero-order chi connectivity index (χ0) is 16.3. The van der Waals surface area contributed by atoms with E-state index in [0.717, 1.165) is 30.1 Å². The molecule has 0 bridgehead atoms. The molecule has 1 heterocycles. The van der Waals surface area contributed by atoms with Crippen LogP contribution in [0.4, 0.5) is 5.69 Å². The molecular formula is C17H28ClN3OS. The summed E-state index contributed by atoms with van der Waals surface area (Å²) in [5, 5.41) is 3.06. The van der Waals surface area contributed by atoms with Crippen LogP contribution in [0.25, 0.3) is 0 Å². The van der Waals surface area contributed by atoms with E-state index in [1.54, 1.807) is 11.8 Å². The molecule has 6 heteroatoms. The summed E-state index contributed by atoms with van der Waals surface area (Å²) < 4.78 is 0. The molecule has 2 atom stereocenters. The lowest BCUT2D eigenvalue weighted by molar-refractivity contribution is -0.122. The van der Waals surface area contributed by atoms with Gasteiger partial charge in [-0.1, -0.05) is 26.0 Å². The van der Waals surface area contributed by atoms with Gasteiger partial charge < -0.3 is 11.1 Å². The maximum Gasteiger partial charge on any atom is 0.241 e. The van der Waals surface area contributed by atoms with Crippen molar-refractivity contribution in [2.24, 2.45) is 11.1 Å². The summed E-state index contributed by atoms with van der Waals surface area (Å²) in [7, 11) is 0. The van der Waals surface area contributed by atoms with E-state index in [2.05, 4.69) is 24.1 Å². The molecule has 0 aromatic heterocycles. The van der Waals surface area contributed by atoms with Crippen LogP contribution in [0.2, 0.25) is 0 Å². The minimum absolute atomic E-state index is 0. The van der Waals surface area contributed by atoms with Crippen molar-refractivity contribution >= 4 is 35.8 Å². The molecule has 2 unspecified atom stereocenters. The molecule has 0 spiro atoms. The highest BCUT2D eigenvalue weighted by molar-refractivity contribution is 7.98. The lowest BCUT2D eigenvalue weighted by Gasteiger charge is -2.44. The van der Waals surface area contributed by atoms with Crippen molar-refractivity contribution in [3.63, 3.8) is 0 Å². The number of carbonyl (C=O) groups excluding carboxylic acids is 1. The van der Waals surface area contributed by atoms with E-state index >= 15 is 0 Å². The van der Waals surface area contributed by atoms with Crippen molar-refractivity contribution < 1.29 is 4.79 Å². The number of nitrogens with one attached hydrogen (secondary N) is 1. The predicted molar refractivity (Wildman–Crippen MR) is 102 cm³/mol. The highest BCUT2D eigenvalue weighted by Gasteiger charge is 2.36. The van der Waals surface area contributed by atoms with Gasteiger partial charge in [-0.15, -0.1) is 24.2 Å². The number of hydrogen-bond donors (Lipinski definition) is 2. The number of benzene rings is 1. The molecule has 2 rings (SSSR count). The van der Waals surface area contributed by atoms with E-state index in [9.17, 15) is 4.79 Å². The molecule has 1 aromatic rings. The number of anilines is 1. The Morgan fingerprint density at radius 2 is 2.09 bits per heavy atom. The summed E-state index contributed by atoms with van der Waals surface area (Å²) in [6.45, 7) is 8.06. The second kappa shape index (κ2) is 8.38. The lowest BCUT2D eigenvalue weighted by Crippen LogP contribution is -2.56. The Balaban J connectivity index is 0.00000264. The summed E-state index contributed by atoms with van der Waals surface area (Å²) in [6, 6.07) is 7.96. The molecule has 1 aliphatic rings. The SMILES string of the molecule is CSc1ccccc1NC(=O)C(C)N1CCC(N)C(C)(C)C1.Cl. The van der Waals surface area contributed by atoms with Crippen molar-refractivity contribution in [2.75, 3.05) is 24.7 Å². The summed E-state index contributed by atoms with van der Waals surface area (Å²) >= 11 is 1.64. The van der Waals surface area contributed by atoms with Gasteiger partial charge in [-0.25, -0.2) is 0 Å². The van der Waals surface area contributed by atoms with Gasteiger partial charge in [0.15, 0.2) is 0 Å². The minimum atomic E-state index is -0.151. The molecule has 0 aliphatic carbocycles. The molecule has 4 nitrogen and oxygen atoms in total. The molecule has 1 amide bonds. The lowest BCUT2D eigenvalue weighted by atomic mass is 9.79. The van der Waals surface area contributed by atoms with Crippen molar-refractivity contribution in [3.8, 4) is 0 Å². The van der Waals surface area contributed by atoms with E-state index in [-0.39, 0.29) is 35.8 Å². The summed E-state index contributed by atoms with van der Waals surface area (Å²) in [6.07, 6.45) is 2.95. The van der Waals surface area contributed by atoms with Gasteiger partial charge in [0.05, 0.1) is 11.7 Å². The van der Waals surface area contributed by atoms with E-state index in [0.29, 0.717) is 0 Å². The second-order valence-electron chi connectivity index (χ2n) is 6.72. The highest BCUT2D eigenvalue weighted by Crippen LogP contribution is 2.29. The highest BCUT2D eigenvalue weighted by atomic mass is 35.5. The predicted octanol–water partition coefficient (Wildman–Crippen LogP) is 3.22. The van der Waals surface area contributed by atoms with Crippen LogP contribution < -0.4 is 11.1 Å². The quantitative estimate of drug-likeness (QED) is 0.812. The van der Waals surface area contributed by atoms with Crippen LogP contribution in [-0.2, 0) is 4.79 Å². The van der Waals surface area contributed by atoms with Crippen LogP contribution in [0.15, 0.2) is 29.2 Å². The first kappa shape index (κ1) is 20.3. The number of para-hydroxylation sites is 1. The Kier molecular flexibility index (Phi) is 7.39. The van der Waals surface area contributed by atoms with Crippen LogP contribution in [-0.4, -0.2) is 42.2 Å². The summed E-state index contributed by atoms with van der Waals surface area (Å²) in [5.41, 5.74) is 7.12. The average Bonchev–Trinajstić information content (AvgIpc) is 2.49. The third kappa shape index (κ3) is 4.86. The Labute approximate surface area is 150 Å². The third-order valence-electron chi connectivity index (χ3n) is 4.63. The maximum atomic E-state index is 12.6. The number of piperidine rings is 1. The number of likely N-dealkylation sites (tertiary alicyclic amines) is 1. The average molecular weight is 358 g/mol. The third-order valence-corrected chi connectivity index (χ3v) is 5.43. The van der Waals surface area contributed by atoms with Crippen molar-refractivity contribution in [2.45, 2.75) is 44.2 Å². The van der Waals surface area contributed by atoms with E-state index in [1.807, 2.05) is 37.4 Å². The number of thioether (sulfide) groups is 1. The normalized spacial score (nSPS) is 22.0. The van der Waals surface area contributed by atoms with E-state index in [1.165, 1.54) is 0 Å². The molecule has 0 saturated carbocycles. The molecule has 1 aromatic carbocycles. The van der Waals surface area contributed by atoms with E-state index < -0.39 is 0 Å². The molecule has 23 heavy (non-hydrogen) atoms. The maximum absolute atomic E-state index is 12.6. The van der Waals surface area contributed by atoms with Crippen molar-refractivity contribution in [3.05, 3.63) is 24.3 Å². The number of hydrogen-bond acceptors (Lipinski definition) is 4. The fourth-order valence-electron chi connectivity index (χ4n) is 2.90. The van der Waals surface area contributed by atoms with Crippen LogP contribution >= 0.6 is 24.2 Å². The van der Waals surface area contributed by atoms with Crippen molar-refractivity contribution in [1.82, 2.24) is 4.90 Å². The number of carbonyl (C=O) groups is 1. The molecule has 1 aliphatic heterocycles. The molecule has 1 saturated heterocycles. The van der Waals surface area contributed by atoms with Crippen LogP contribution in [0.1, 0.15) is 27.2 Å². The number of rotatable bonds is 4. The summed E-state index contributed by atoms with van der Waals surface area (Å²) in [4.78, 5) is 15.9. The standard InChI is InChI=1S/C17H27N3OS.ClH/c1-12(20-10-9-15(18)17(2,3)11-20)16(21)19-13-7-5-6-8-14(13)22-4;/h5-8,12,15H,9-11,18H2,1-4H3,(H,19,21);1H. The number of halogens is 1. The van der Waals surface area contributed by atoms with Gasteiger partial charge >= 0.3 is 0 Å². The molecule has 3 N–H and O–H groups in total. The Morgan fingerprint density at radius 1 is 1.43 bits per heavy atom. The number of nitrogens with zero attached hydrogens (tertiary/aromatic N) is 1. The van der Waals surface area contributed by atoms with Crippen LogP contribution in [0, 0.1) is 5.41 Å². The van der Waals surface area contributed by atoms with Gasteiger partial charge in [0, 0.05) is 24.0 Å². The molecule has 0 radical (unpaired) electrons. The first-order valence-electron chi connectivity index (χ1n) is 7.78. The Bertz CT molecular complexity index is 538. The zero-order valence-corrected chi connectivity index (χ0v) is 16.0. The first-order chi connectivity index (χ1) is 10.3. The monoisotopic (exact) mass is 357 g/mol. The van der Waals surface area contributed by atoms with Gasteiger partial charge in [0.25, 0.3) is 0 Å². The fraction of sp³-hybridized carbons (Fsp3) is 0.588. The number of nitrogens with two attached hydrogens (primary N) is 1. The van der Waals surface area contributed by atoms with Gasteiger partial charge in [-0.2, -0.15) is 0 Å². The largest absolute Gasteiger partial charge is 0.327 e. The number of amides is 1. The molecule has 130 valence electrons. The van der Waals surface area contributed by atoms with E-state index in [4.69, 9.17) is 5.73 Å². The Morgan fingerprint density at radius 3 is 2.70 bits per heavy atom. The fourth-order valence-corrected chi connectivity index (χ4v) is 3.45. The van der Waals surface area contributed by atoms with Gasteiger partial charge in [0.1, 0.15) is 0 Å². The minimum Gasteiger partial charge on any atom is -0.327 e. The van der Waals surface area contributed by atoms with Crippen LogP contribution in [0.3, 0.4) is 0 Å². The second-order valence-corrected chi connectivity index (χ2v) is 7.57.